The van der Waals surface area contributed by atoms with Crippen LogP contribution < -0.4 is 16.5 Å². The van der Waals surface area contributed by atoms with Crippen molar-refractivity contribution in [2.75, 3.05) is 26.2 Å². The molecule has 1 unspecified atom stereocenters. The molecule has 0 aromatic carbocycles. The average Bonchev–Trinajstić information content (AvgIpc) is 3.25. The van der Waals surface area contributed by atoms with Crippen LogP contribution in [0.4, 0.5) is 0 Å². The highest BCUT2D eigenvalue weighted by Gasteiger charge is 2.24. The van der Waals surface area contributed by atoms with Crippen LogP contribution >= 0.6 is 11.3 Å². The number of aromatic nitrogens is 6. The van der Waals surface area contributed by atoms with Crippen molar-refractivity contribution in [3.8, 4) is 16.6 Å². The average molecular weight is 509 g/mol. The third kappa shape index (κ3) is 4.42. The number of aromatic amines is 2. The molecular weight excluding hydrogens is 484 g/mol. The molecule has 1 amide bonds. The van der Waals surface area contributed by atoms with Crippen LogP contribution in [0.25, 0.3) is 22.4 Å². The number of ether oxygens (including phenoxy) is 1. The number of thiophene rings is 1. The monoisotopic (exact) mass is 508 g/mol. The van der Waals surface area contributed by atoms with Gasteiger partial charge in [0.05, 0.1) is 28.7 Å². The standard InChI is InChI=1S/C23H24N8O4S/c1-12-11-30(6-7-35-12)21(33)17-5-4-16(36-17)18-27-19-14(8-15-20(32)29-23(34)26-15)10-25-31(19)22(28-18)24-9-13-2-3-13/h4-5,8,10,12-13,32H,2-3,6-7,9,11H2,1H3,(H2,26,29,34). The van der Waals surface area contributed by atoms with E-state index in [0.29, 0.717) is 59.3 Å². The van der Waals surface area contributed by atoms with Gasteiger partial charge in [0, 0.05) is 24.9 Å². The third-order valence-corrected chi connectivity index (χ3v) is 7.24. The molecule has 2 aliphatic rings. The highest BCUT2D eigenvalue weighted by atomic mass is 32.1. The number of amides is 1. The maximum atomic E-state index is 13.1. The summed E-state index contributed by atoms with van der Waals surface area (Å²) in [6.07, 6.45) is 5.48. The number of fused-ring (bicyclic) bond motifs is 1. The maximum absolute atomic E-state index is 13.1. The number of carbonyl (C=O) groups is 1. The highest BCUT2D eigenvalue weighted by Crippen LogP contribution is 2.29. The number of rotatable bonds is 5. The molecule has 1 saturated carbocycles. The van der Waals surface area contributed by atoms with Gasteiger partial charge in [-0.3, -0.25) is 9.78 Å². The van der Waals surface area contributed by atoms with E-state index < -0.39 is 5.69 Å². The van der Waals surface area contributed by atoms with Crippen LogP contribution in [0.5, 0.6) is 5.88 Å². The fraction of sp³-hybridized carbons (Fsp3) is 0.391. The predicted molar refractivity (Wildman–Crippen MR) is 130 cm³/mol. The Labute approximate surface area is 208 Å². The van der Waals surface area contributed by atoms with E-state index in [1.807, 2.05) is 13.0 Å². The van der Waals surface area contributed by atoms with Gasteiger partial charge in [-0.05, 0) is 43.9 Å². The van der Waals surface area contributed by atoms with Crippen LogP contribution in [0.15, 0.2) is 28.1 Å². The summed E-state index contributed by atoms with van der Waals surface area (Å²) in [5.74, 6) is 0.680. The minimum Gasteiger partial charge on any atom is -0.493 e. The van der Waals surface area contributed by atoms with Gasteiger partial charge in [0.25, 0.3) is 5.91 Å². The number of H-pyrrole nitrogens is 2. The van der Waals surface area contributed by atoms with Crippen LogP contribution in [-0.2, 0) is 4.74 Å². The zero-order valence-electron chi connectivity index (χ0n) is 19.5. The fourth-order valence-corrected chi connectivity index (χ4v) is 4.99. The molecule has 6 rings (SSSR count). The second-order valence-electron chi connectivity index (χ2n) is 9.05. The Bertz CT molecular complexity index is 1630. The normalized spacial score (nSPS) is 19.5. The third-order valence-electron chi connectivity index (χ3n) is 6.17. The van der Waals surface area contributed by atoms with Crippen molar-refractivity contribution in [3.05, 3.63) is 50.2 Å². The molecule has 0 bridgehead atoms. The van der Waals surface area contributed by atoms with Gasteiger partial charge in [-0.1, -0.05) is 0 Å². The Kier molecular flexibility index (Phi) is 5.64. The van der Waals surface area contributed by atoms with E-state index in [9.17, 15) is 14.7 Å². The van der Waals surface area contributed by atoms with Crippen molar-refractivity contribution < 1.29 is 14.6 Å². The molecule has 36 heavy (non-hydrogen) atoms. The van der Waals surface area contributed by atoms with Crippen LogP contribution in [0, 0.1) is 5.92 Å². The first-order chi connectivity index (χ1) is 17.4. The Hall–Kier alpha value is -3.84. The number of morpholine rings is 1. The van der Waals surface area contributed by atoms with E-state index in [1.54, 1.807) is 27.8 Å². The smallest absolute Gasteiger partial charge is 0.326 e. The minimum atomic E-state index is -0.517. The van der Waals surface area contributed by atoms with Gasteiger partial charge >= 0.3 is 5.69 Å². The summed E-state index contributed by atoms with van der Waals surface area (Å²) in [7, 11) is 0. The van der Waals surface area contributed by atoms with Crippen molar-refractivity contribution >= 4 is 29.0 Å². The summed E-state index contributed by atoms with van der Waals surface area (Å²) >= 11 is 1.33. The van der Waals surface area contributed by atoms with Crippen LogP contribution in [0.1, 0.15) is 35.1 Å². The summed E-state index contributed by atoms with van der Waals surface area (Å²) in [5.41, 5.74) is 0.585. The first-order valence-corrected chi connectivity index (χ1v) is 12.6. The van der Waals surface area contributed by atoms with Gasteiger partial charge in [-0.2, -0.15) is 14.6 Å². The zero-order valence-corrected chi connectivity index (χ0v) is 20.3. The Morgan fingerprint density at radius 3 is 2.94 bits per heavy atom. The molecule has 1 aliphatic heterocycles. The molecule has 4 aromatic heterocycles. The lowest BCUT2D eigenvalue weighted by atomic mass is 10.3. The molecule has 3 N–H and O–H groups in total. The quantitative estimate of drug-likeness (QED) is 0.350. The van der Waals surface area contributed by atoms with E-state index >= 15 is 0 Å². The molecule has 12 nitrogen and oxygen atoms in total. The van der Waals surface area contributed by atoms with Gasteiger partial charge in [0.15, 0.2) is 11.5 Å². The van der Waals surface area contributed by atoms with Crippen molar-refractivity contribution in [2.45, 2.75) is 25.9 Å². The van der Waals surface area contributed by atoms with Gasteiger partial charge in [0.1, 0.15) is 5.69 Å². The summed E-state index contributed by atoms with van der Waals surface area (Å²) in [6, 6.07) is 3.64. The van der Waals surface area contributed by atoms with E-state index in [1.165, 1.54) is 11.3 Å². The first-order valence-electron chi connectivity index (χ1n) is 11.7. The van der Waals surface area contributed by atoms with Crippen molar-refractivity contribution in [3.63, 3.8) is 0 Å². The van der Waals surface area contributed by atoms with Crippen LogP contribution in [-0.4, -0.2) is 77.8 Å². The Morgan fingerprint density at radius 1 is 1.33 bits per heavy atom. The minimum absolute atomic E-state index is 0.00875. The lowest BCUT2D eigenvalue weighted by Gasteiger charge is -2.30. The summed E-state index contributed by atoms with van der Waals surface area (Å²) in [5, 5.41) is 15.0. The molecule has 186 valence electrons. The van der Waals surface area contributed by atoms with E-state index in [0.717, 1.165) is 17.7 Å². The van der Waals surface area contributed by atoms with E-state index in [4.69, 9.17) is 9.72 Å². The lowest BCUT2D eigenvalue weighted by molar-refractivity contribution is -0.0122. The first kappa shape index (κ1) is 22.6. The molecular formula is C23H24N8O4S. The number of imidazole rings is 1. The Morgan fingerprint density at radius 2 is 2.19 bits per heavy atom. The topological polar surface area (TPSA) is 154 Å². The summed E-state index contributed by atoms with van der Waals surface area (Å²) in [4.78, 5) is 46.6. The number of hydrogen-bond acceptors (Lipinski definition) is 9. The van der Waals surface area contributed by atoms with E-state index in [2.05, 4.69) is 25.0 Å². The number of aromatic hydroxyl groups is 1. The van der Waals surface area contributed by atoms with Gasteiger partial charge in [-0.15, -0.1) is 11.3 Å². The van der Waals surface area contributed by atoms with Crippen molar-refractivity contribution in [1.82, 2.24) is 34.4 Å². The predicted octanol–water partition coefficient (Wildman–Crippen LogP) is 0.294. The zero-order chi connectivity index (χ0) is 24.8. The molecule has 4 aromatic rings. The molecule has 1 saturated heterocycles. The van der Waals surface area contributed by atoms with Gasteiger partial charge < -0.3 is 19.7 Å². The second-order valence-corrected chi connectivity index (χ2v) is 10.1. The van der Waals surface area contributed by atoms with Crippen LogP contribution in [0.3, 0.4) is 0 Å². The molecule has 0 radical (unpaired) electrons. The van der Waals surface area contributed by atoms with E-state index in [-0.39, 0.29) is 23.6 Å². The largest absolute Gasteiger partial charge is 0.493 e. The molecule has 5 heterocycles. The van der Waals surface area contributed by atoms with Gasteiger partial charge in [-0.25, -0.2) is 14.8 Å². The number of hydrogen-bond donors (Lipinski definition) is 3. The highest BCUT2D eigenvalue weighted by molar-refractivity contribution is 7.17. The maximum Gasteiger partial charge on any atom is 0.326 e. The van der Waals surface area contributed by atoms with Gasteiger partial charge in [0.2, 0.25) is 11.5 Å². The summed E-state index contributed by atoms with van der Waals surface area (Å²) in [6.45, 7) is 4.25. The van der Waals surface area contributed by atoms with Crippen LogP contribution in [0.2, 0.25) is 0 Å². The molecule has 0 spiro atoms. The molecule has 2 fully saturated rings. The van der Waals surface area contributed by atoms with Crippen molar-refractivity contribution in [1.29, 1.82) is 0 Å². The summed E-state index contributed by atoms with van der Waals surface area (Å²) < 4.78 is 7.10. The number of nitrogens with one attached hydrogen (secondary N) is 2. The van der Waals surface area contributed by atoms with Crippen molar-refractivity contribution in [2.24, 2.45) is 10.9 Å². The lowest BCUT2D eigenvalue weighted by Crippen LogP contribution is -2.44. The number of nitrogens with zero attached hydrogens (tertiary/aromatic N) is 6. The molecule has 1 aliphatic carbocycles. The molecule has 13 heteroatoms. The second kappa shape index (κ2) is 8.99. The number of carbonyl (C=O) groups excluding carboxylic acids is 1. The SMILES string of the molecule is CC1CN(C(=O)c2ccc(-c3nc(=NCC4CC4)n4ncc(=Cc5[nH]c(=O)[nH]c5O)c4n3)s2)CCO1. The molecule has 1 atom stereocenters. The fourth-order valence-electron chi connectivity index (χ4n) is 4.09. The Balaban J connectivity index is 1.43.